The lowest BCUT2D eigenvalue weighted by molar-refractivity contribution is -0.118. The number of carbonyl (C=O) groups is 2. The summed E-state index contributed by atoms with van der Waals surface area (Å²) >= 11 is 0. The minimum Gasteiger partial charge on any atom is -0.340 e. The van der Waals surface area contributed by atoms with Gasteiger partial charge in [-0.05, 0) is 43.7 Å². The second kappa shape index (κ2) is 6.26. The molecule has 0 saturated carbocycles. The van der Waals surface area contributed by atoms with E-state index >= 15 is 0 Å². The third kappa shape index (κ3) is 2.92. The minimum absolute atomic E-state index is 0.191. The van der Waals surface area contributed by atoms with Crippen molar-refractivity contribution in [3.8, 4) is 0 Å². The van der Waals surface area contributed by atoms with Crippen LogP contribution in [0.25, 0.3) is 10.9 Å². The number of carbonyl (C=O) groups excluding carboxylic acids is 2. The molecule has 0 saturated heterocycles. The monoisotopic (exact) mass is 345 g/mol. The van der Waals surface area contributed by atoms with Gasteiger partial charge in [0.05, 0.1) is 11.1 Å². The van der Waals surface area contributed by atoms with Gasteiger partial charge in [-0.15, -0.1) is 0 Å². The van der Waals surface area contributed by atoms with E-state index in [1.807, 2.05) is 56.3 Å². The Hall–Kier alpha value is -3.21. The van der Waals surface area contributed by atoms with Crippen molar-refractivity contribution in [2.45, 2.75) is 26.3 Å². The predicted octanol–water partition coefficient (Wildman–Crippen LogP) is 3.14. The van der Waals surface area contributed by atoms with E-state index < -0.39 is 6.04 Å². The number of hydrogen-bond acceptors (Lipinski definition) is 3. The summed E-state index contributed by atoms with van der Waals surface area (Å²) in [7, 11) is 0. The molecule has 0 spiro atoms. The average molecular weight is 345 g/mol. The van der Waals surface area contributed by atoms with Gasteiger partial charge in [0.2, 0.25) is 5.91 Å². The number of para-hydroxylation sites is 1. The molecular weight excluding hydrogens is 326 g/mol. The van der Waals surface area contributed by atoms with E-state index in [4.69, 9.17) is 0 Å². The lowest BCUT2D eigenvalue weighted by Gasteiger charge is -2.25. The molecule has 1 aliphatic heterocycles. The maximum absolute atomic E-state index is 12.9. The summed E-state index contributed by atoms with van der Waals surface area (Å²) in [5.74, 6) is -0.450. The number of pyridine rings is 1. The Morgan fingerprint density at radius 3 is 2.81 bits per heavy atom. The highest BCUT2D eigenvalue weighted by molar-refractivity contribution is 6.09. The van der Waals surface area contributed by atoms with Gasteiger partial charge in [0.15, 0.2) is 0 Å². The fourth-order valence-corrected chi connectivity index (χ4v) is 3.37. The first-order valence-electron chi connectivity index (χ1n) is 8.59. The maximum atomic E-state index is 12.9. The molecule has 0 fully saturated rings. The molecule has 3 aromatic rings. The Labute approximate surface area is 151 Å². The molecule has 2 amide bonds. The number of benzene rings is 2. The molecule has 0 bridgehead atoms. The molecule has 1 aliphatic rings. The van der Waals surface area contributed by atoms with Gasteiger partial charge >= 0.3 is 0 Å². The van der Waals surface area contributed by atoms with Crippen LogP contribution < -0.4 is 10.6 Å². The summed E-state index contributed by atoms with van der Waals surface area (Å²) in [5.41, 5.74) is 4.97. The molecule has 4 rings (SSSR count). The van der Waals surface area contributed by atoms with E-state index in [0.717, 1.165) is 33.4 Å². The lowest BCUT2D eigenvalue weighted by Crippen LogP contribution is -2.47. The van der Waals surface area contributed by atoms with Crippen molar-refractivity contribution in [1.82, 2.24) is 10.3 Å². The second-order valence-corrected chi connectivity index (χ2v) is 6.71. The number of nitrogens with one attached hydrogen (secondary N) is 2. The largest absolute Gasteiger partial charge is 0.340 e. The van der Waals surface area contributed by atoms with Gasteiger partial charge in [-0.3, -0.25) is 14.6 Å². The van der Waals surface area contributed by atoms with Crippen molar-refractivity contribution in [2.24, 2.45) is 0 Å². The minimum atomic E-state index is -0.592. The van der Waals surface area contributed by atoms with Crippen LogP contribution in [0, 0.1) is 13.8 Å². The van der Waals surface area contributed by atoms with Crippen LogP contribution in [-0.2, 0) is 11.2 Å². The highest BCUT2D eigenvalue weighted by Gasteiger charge is 2.28. The first kappa shape index (κ1) is 16.3. The smallest absolute Gasteiger partial charge is 0.252 e. The van der Waals surface area contributed by atoms with Gasteiger partial charge in [-0.1, -0.05) is 29.8 Å². The van der Waals surface area contributed by atoms with Crippen molar-refractivity contribution in [3.05, 3.63) is 70.9 Å². The molecule has 2 heterocycles. The van der Waals surface area contributed by atoms with Crippen molar-refractivity contribution in [1.29, 1.82) is 0 Å². The van der Waals surface area contributed by atoms with E-state index in [1.165, 1.54) is 0 Å². The Kier molecular flexibility index (Phi) is 3.92. The van der Waals surface area contributed by atoms with E-state index in [-0.39, 0.29) is 11.8 Å². The average Bonchev–Trinajstić information content (AvgIpc) is 2.62. The van der Waals surface area contributed by atoms with Crippen LogP contribution in [0.1, 0.15) is 27.2 Å². The maximum Gasteiger partial charge on any atom is 0.252 e. The third-order valence-corrected chi connectivity index (χ3v) is 4.66. The highest BCUT2D eigenvalue weighted by Crippen LogP contribution is 2.23. The van der Waals surface area contributed by atoms with Gasteiger partial charge in [0.1, 0.15) is 6.04 Å². The van der Waals surface area contributed by atoms with Crippen LogP contribution in [0.2, 0.25) is 0 Å². The summed E-state index contributed by atoms with van der Waals surface area (Å²) in [6, 6.07) is 14.7. The van der Waals surface area contributed by atoms with Crippen molar-refractivity contribution >= 4 is 28.4 Å². The van der Waals surface area contributed by atoms with Crippen LogP contribution in [0.4, 0.5) is 5.69 Å². The molecule has 1 atom stereocenters. The third-order valence-electron chi connectivity index (χ3n) is 4.66. The molecule has 0 unspecified atom stereocenters. The first-order chi connectivity index (χ1) is 12.5. The first-order valence-corrected chi connectivity index (χ1v) is 8.59. The van der Waals surface area contributed by atoms with Crippen LogP contribution in [0.5, 0.6) is 0 Å². The number of aryl methyl sites for hydroxylation is 2. The summed E-state index contributed by atoms with van der Waals surface area (Å²) < 4.78 is 0. The molecule has 26 heavy (non-hydrogen) atoms. The summed E-state index contributed by atoms with van der Waals surface area (Å²) in [6.07, 6.45) is 0.481. The number of anilines is 1. The Morgan fingerprint density at radius 2 is 1.96 bits per heavy atom. The van der Waals surface area contributed by atoms with E-state index in [2.05, 4.69) is 15.6 Å². The SMILES string of the molecule is Cc1ccc2nc(C)cc(C(=O)N[C@H]3Cc4ccccc4NC3=O)c2c1. The molecule has 130 valence electrons. The van der Waals surface area contributed by atoms with Crippen molar-refractivity contribution < 1.29 is 9.59 Å². The van der Waals surface area contributed by atoms with Crippen LogP contribution in [0.3, 0.4) is 0 Å². The summed E-state index contributed by atoms with van der Waals surface area (Å²) in [6.45, 7) is 3.84. The summed E-state index contributed by atoms with van der Waals surface area (Å²) in [5, 5.41) is 6.54. The van der Waals surface area contributed by atoms with Crippen LogP contribution in [0.15, 0.2) is 48.5 Å². The van der Waals surface area contributed by atoms with Gasteiger partial charge in [-0.25, -0.2) is 0 Å². The van der Waals surface area contributed by atoms with Gasteiger partial charge < -0.3 is 10.6 Å². The van der Waals surface area contributed by atoms with Crippen molar-refractivity contribution in [2.75, 3.05) is 5.32 Å². The zero-order chi connectivity index (χ0) is 18.3. The fourth-order valence-electron chi connectivity index (χ4n) is 3.37. The number of fused-ring (bicyclic) bond motifs is 2. The molecule has 5 heteroatoms. The standard InChI is InChI=1S/C21H19N3O2/c1-12-7-8-18-15(9-12)16(10-13(2)22-18)20(25)24-19-11-14-5-3-4-6-17(14)23-21(19)26/h3-10,19H,11H2,1-2H3,(H,23,26)(H,24,25)/t19-/m0/s1. The van der Waals surface area contributed by atoms with Crippen LogP contribution >= 0.6 is 0 Å². The molecule has 0 aliphatic carbocycles. The number of hydrogen-bond donors (Lipinski definition) is 2. The zero-order valence-corrected chi connectivity index (χ0v) is 14.7. The quantitative estimate of drug-likeness (QED) is 0.749. The van der Waals surface area contributed by atoms with E-state index in [9.17, 15) is 9.59 Å². The molecule has 5 nitrogen and oxygen atoms in total. The van der Waals surface area contributed by atoms with Crippen molar-refractivity contribution in [3.63, 3.8) is 0 Å². The number of rotatable bonds is 2. The fraction of sp³-hybridized carbons (Fsp3) is 0.190. The zero-order valence-electron chi connectivity index (χ0n) is 14.7. The highest BCUT2D eigenvalue weighted by atomic mass is 16.2. The second-order valence-electron chi connectivity index (χ2n) is 6.71. The molecule has 0 radical (unpaired) electrons. The lowest BCUT2D eigenvalue weighted by atomic mass is 9.98. The Bertz CT molecular complexity index is 1040. The molecule has 2 N–H and O–H groups in total. The predicted molar refractivity (Wildman–Crippen MR) is 101 cm³/mol. The molecule has 1 aromatic heterocycles. The summed E-state index contributed by atoms with van der Waals surface area (Å²) in [4.78, 5) is 29.8. The van der Waals surface area contributed by atoms with E-state index in [1.54, 1.807) is 6.07 Å². The number of aromatic nitrogens is 1. The van der Waals surface area contributed by atoms with Gasteiger partial charge in [-0.2, -0.15) is 0 Å². The Balaban J connectivity index is 1.66. The van der Waals surface area contributed by atoms with Gasteiger partial charge in [0, 0.05) is 23.2 Å². The van der Waals surface area contributed by atoms with Gasteiger partial charge in [0.25, 0.3) is 5.91 Å². The molecular formula is C21H19N3O2. The topological polar surface area (TPSA) is 71.1 Å². The molecule has 2 aromatic carbocycles. The Morgan fingerprint density at radius 1 is 1.15 bits per heavy atom. The van der Waals surface area contributed by atoms with Crippen LogP contribution in [-0.4, -0.2) is 22.8 Å². The number of amides is 2. The number of nitrogens with zero attached hydrogens (tertiary/aromatic N) is 1. The van der Waals surface area contributed by atoms with E-state index in [0.29, 0.717) is 12.0 Å². The normalized spacial score (nSPS) is 16.1.